The molecule has 5 nitrogen and oxygen atoms in total. The van der Waals surface area contributed by atoms with E-state index in [1.807, 2.05) is 17.5 Å². The smallest absolute Gasteiger partial charge is 0.245 e. The molecule has 0 atom stereocenters. The summed E-state index contributed by atoms with van der Waals surface area (Å²) in [6.45, 7) is 2.25. The number of nitrogens with zero attached hydrogens (tertiary/aromatic N) is 2. The molecule has 0 saturated carbocycles. The molecule has 0 aliphatic rings. The maximum Gasteiger partial charge on any atom is 0.245 e. The van der Waals surface area contributed by atoms with E-state index in [4.69, 9.17) is 5.26 Å². The zero-order valence-corrected chi connectivity index (χ0v) is 15.1. The van der Waals surface area contributed by atoms with E-state index in [1.165, 1.54) is 16.9 Å². The molecular weight excluding hydrogens is 344 g/mol. The first kappa shape index (κ1) is 17.6. The average molecular weight is 362 g/mol. The molecule has 0 bridgehead atoms. The topological polar surface area (TPSA) is 77.8 Å². The van der Waals surface area contributed by atoms with Crippen LogP contribution in [0.15, 0.2) is 53.9 Å². The standard InChI is InChI=1S/C20H18N4OS/c1-2-14-3-7-16(8-4-14)18-13-26-20(23-18)24-19(25)12-22-17-9-5-15(11-21)6-10-17/h3-10,13,22H,2,12H2,1H3,(H,23,24,25). The molecule has 3 rings (SSSR count). The summed E-state index contributed by atoms with van der Waals surface area (Å²) in [5.41, 5.74) is 4.55. The first-order valence-electron chi connectivity index (χ1n) is 8.26. The third-order valence-electron chi connectivity index (χ3n) is 3.88. The molecule has 26 heavy (non-hydrogen) atoms. The number of rotatable bonds is 6. The van der Waals surface area contributed by atoms with E-state index in [1.54, 1.807) is 24.3 Å². The lowest BCUT2D eigenvalue weighted by Crippen LogP contribution is -2.21. The molecule has 0 aliphatic carbocycles. The minimum absolute atomic E-state index is 0.131. The number of benzene rings is 2. The van der Waals surface area contributed by atoms with Crippen molar-refractivity contribution in [1.82, 2.24) is 4.98 Å². The number of nitrogens with one attached hydrogen (secondary N) is 2. The van der Waals surface area contributed by atoms with Gasteiger partial charge >= 0.3 is 0 Å². The van der Waals surface area contributed by atoms with Gasteiger partial charge in [-0.3, -0.25) is 4.79 Å². The number of aryl methyl sites for hydroxylation is 1. The molecular formula is C20H18N4OS. The van der Waals surface area contributed by atoms with Crippen LogP contribution in [0.3, 0.4) is 0 Å². The number of carbonyl (C=O) groups excluding carboxylic acids is 1. The van der Waals surface area contributed by atoms with Gasteiger partial charge in [0.1, 0.15) is 0 Å². The van der Waals surface area contributed by atoms with Gasteiger partial charge < -0.3 is 10.6 Å². The number of anilines is 2. The van der Waals surface area contributed by atoms with Crippen molar-refractivity contribution in [2.75, 3.05) is 17.2 Å². The van der Waals surface area contributed by atoms with Crippen molar-refractivity contribution in [2.24, 2.45) is 0 Å². The Morgan fingerprint density at radius 2 is 1.88 bits per heavy atom. The number of aromatic nitrogens is 1. The van der Waals surface area contributed by atoms with Gasteiger partial charge in [-0.15, -0.1) is 11.3 Å². The fraction of sp³-hybridized carbons (Fsp3) is 0.150. The van der Waals surface area contributed by atoms with Gasteiger partial charge in [0.15, 0.2) is 5.13 Å². The Morgan fingerprint density at radius 1 is 1.15 bits per heavy atom. The van der Waals surface area contributed by atoms with Crippen molar-refractivity contribution >= 4 is 28.1 Å². The highest BCUT2D eigenvalue weighted by Gasteiger charge is 2.08. The largest absolute Gasteiger partial charge is 0.376 e. The van der Waals surface area contributed by atoms with E-state index >= 15 is 0 Å². The molecule has 0 aliphatic heterocycles. The zero-order valence-electron chi connectivity index (χ0n) is 14.3. The minimum Gasteiger partial charge on any atom is -0.376 e. The van der Waals surface area contributed by atoms with Crippen molar-refractivity contribution in [3.05, 3.63) is 65.0 Å². The van der Waals surface area contributed by atoms with Crippen LogP contribution in [0.5, 0.6) is 0 Å². The summed E-state index contributed by atoms with van der Waals surface area (Å²) >= 11 is 1.40. The van der Waals surface area contributed by atoms with E-state index in [9.17, 15) is 4.79 Å². The fourth-order valence-electron chi connectivity index (χ4n) is 2.38. The monoisotopic (exact) mass is 362 g/mol. The molecule has 3 aromatic rings. The highest BCUT2D eigenvalue weighted by molar-refractivity contribution is 7.14. The summed E-state index contributed by atoms with van der Waals surface area (Å²) in [5, 5.41) is 17.1. The lowest BCUT2D eigenvalue weighted by Gasteiger charge is -2.06. The molecule has 6 heteroatoms. The Hall–Kier alpha value is -3.17. The molecule has 1 aromatic heterocycles. The van der Waals surface area contributed by atoms with E-state index in [-0.39, 0.29) is 12.5 Å². The van der Waals surface area contributed by atoms with Crippen molar-refractivity contribution < 1.29 is 4.79 Å². The Balaban J connectivity index is 1.56. The summed E-state index contributed by atoms with van der Waals surface area (Å²) in [6, 6.07) is 17.3. The number of carbonyl (C=O) groups is 1. The van der Waals surface area contributed by atoms with Crippen LogP contribution < -0.4 is 10.6 Å². The number of hydrogen-bond donors (Lipinski definition) is 2. The van der Waals surface area contributed by atoms with Crippen LogP contribution in [0, 0.1) is 11.3 Å². The fourth-order valence-corrected chi connectivity index (χ4v) is 3.12. The predicted molar refractivity (Wildman–Crippen MR) is 105 cm³/mol. The van der Waals surface area contributed by atoms with E-state index in [0.29, 0.717) is 10.7 Å². The highest BCUT2D eigenvalue weighted by Crippen LogP contribution is 2.25. The molecule has 1 amide bonds. The average Bonchev–Trinajstić information content (AvgIpc) is 3.15. The van der Waals surface area contributed by atoms with Gasteiger partial charge in [0.25, 0.3) is 0 Å². The van der Waals surface area contributed by atoms with Gasteiger partial charge in [-0.05, 0) is 36.2 Å². The molecule has 130 valence electrons. The highest BCUT2D eigenvalue weighted by atomic mass is 32.1. The van der Waals surface area contributed by atoms with Gasteiger partial charge in [-0.2, -0.15) is 5.26 Å². The second-order valence-electron chi connectivity index (χ2n) is 5.68. The Morgan fingerprint density at radius 3 is 2.54 bits per heavy atom. The van der Waals surface area contributed by atoms with Gasteiger partial charge in [0.05, 0.1) is 23.9 Å². The Labute approximate surface area is 156 Å². The summed E-state index contributed by atoms with van der Waals surface area (Å²) in [7, 11) is 0. The van der Waals surface area contributed by atoms with Gasteiger partial charge in [0.2, 0.25) is 5.91 Å². The van der Waals surface area contributed by atoms with Crippen LogP contribution >= 0.6 is 11.3 Å². The summed E-state index contributed by atoms with van der Waals surface area (Å²) in [4.78, 5) is 16.6. The summed E-state index contributed by atoms with van der Waals surface area (Å²) in [5.74, 6) is -0.170. The van der Waals surface area contributed by atoms with Crippen LogP contribution in [-0.2, 0) is 11.2 Å². The molecule has 0 spiro atoms. The first-order valence-corrected chi connectivity index (χ1v) is 9.14. The number of thiazole rings is 1. The number of amides is 1. The van der Waals surface area contributed by atoms with E-state index < -0.39 is 0 Å². The molecule has 0 radical (unpaired) electrons. The van der Waals surface area contributed by atoms with Crippen LogP contribution in [0.2, 0.25) is 0 Å². The second-order valence-corrected chi connectivity index (χ2v) is 6.54. The van der Waals surface area contributed by atoms with Crippen LogP contribution in [-0.4, -0.2) is 17.4 Å². The SMILES string of the molecule is CCc1ccc(-c2csc(NC(=O)CNc3ccc(C#N)cc3)n2)cc1. The van der Waals surface area contributed by atoms with Crippen molar-refractivity contribution in [1.29, 1.82) is 5.26 Å². The van der Waals surface area contributed by atoms with Gasteiger partial charge in [-0.1, -0.05) is 31.2 Å². The number of nitriles is 1. The quantitative estimate of drug-likeness (QED) is 0.685. The van der Waals surface area contributed by atoms with E-state index in [2.05, 4.69) is 40.7 Å². The Kier molecular flexibility index (Phi) is 5.62. The maximum absolute atomic E-state index is 12.1. The number of hydrogen-bond acceptors (Lipinski definition) is 5. The molecule has 2 aromatic carbocycles. The van der Waals surface area contributed by atoms with Crippen LogP contribution in [0.25, 0.3) is 11.3 Å². The third-order valence-corrected chi connectivity index (χ3v) is 4.63. The lowest BCUT2D eigenvalue weighted by molar-refractivity contribution is -0.114. The van der Waals surface area contributed by atoms with Crippen molar-refractivity contribution in [2.45, 2.75) is 13.3 Å². The first-order chi connectivity index (χ1) is 12.7. The lowest BCUT2D eigenvalue weighted by atomic mass is 10.1. The van der Waals surface area contributed by atoms with Crippen LogP contribution in [0.4, 0.5) is 10.8 Å². The third kappa shape index (κ3) is 4.47. The minimum atomic E-state index is -0.170. The normalized spacial score (nSPS) is 10.2. The van der Waals surface area contributed by atoms with Crippen molar-refractivity contribution in [3.8, 4) is 17.3 Å². The van der Waals surface area contributed by atoms with E-state index in [0.717, 1.165) is 23.4 Å². The molecule has 0 unspecified atom stereocenters. The van der Waals surface area contributed by atoms with Crippen molar-refractivity contribution in [3.63, 3.8) is 0 Å². The van der Waals surface area contributed by atoms with Gasteiger partial charge in [-0.25, -0.2) is 4.98 Å². The summed E-state index contributed by atoms with van der Waals surface area (Å²) in [6.07, 6.45) is 1.00. The Bertz CT molecular complexity index is 924. The molecule has 0 saturated heterocycles. The molecule has 1 heterocycles. The van der Waals surface area contributed by atoms with Gasteiger partial charge in [0, 0.05) is 16.6 Å². The maximum atomic E-state index is 12.1. The zero-order chi connectivity index (χ0) is 18.4. The molecule has 0 fully saturated rings. The second kappa shape index (κ2) is 8.28. The van der Waals surface area contributed by atoms with Crippen LogP contribution in [0.1, 0.15) is 18.1 Å². The predicted octanol–water partition coefficient (Wildman–Crippen LogP) is 4.29. The molecule has 2 N–H and O–H groups in total. The summed E-state index contributed by atoms with van der Waals surface area (Å²) < 4.78 is 0.